The van der Waals surface area contributed by atoms with Gasteiger partial charge >= 0.3 is 0 Å². The first kappa shape index (κ1) is 16.5. The van der Waals surface area contributed by atoms with Gasteiger partial charge in [-0.3, -0.25) is 9.78 Å². The Morgan fingerprint density at radius 1 is 0.960 bits per heavy atom. The van der Waals surface area contributed by atoms with Crippen LogP contribution in [0.2, 0.25) is 0 Å². The predicted molar refractivity (Wildman–Crippen MR) is 99.1 cm³/mol. The number of anilines is 2. The maximum atomic E-state index is 12.0. The second kappa shape index (κ2) is 7.97. The minimum Gasteiger partial charge on any atom is -0.457 e. The van der Waals surface area contributed by atoms with E-state index in [0.717, 1.165) is 28.4 Å². The van der Waals surface area contributed by atoms with E-state index in [1.165, 1.54) is 0 Å². The number of carbonyl (C=O) groups is 1. The zero-order valence-electron chi connectivity index (χ0n) is 13.9. The van der Waals surface area contributed by atoms with Crippen molar-refractivity contribution in [3.8, 4) is 11.5 Å². The molecule has 0 aliphatic heterocycles. The number of amides is 1. The van der Waals surface area contributed by atoms with Gasteiger partial charge in [-0.2, -0.15) is 0 Å². The van der Waals surface area contributed by atoms with Crippen LogP contribution in [0.3, 0.4) is 0 Å². The van der Waals surface area contributed by atoms with Crippen molar-refractivity contribution in [1.29, 1.82) is 0 Å². The summed E-state index contributed by atoms with van der Waals surface area (Å²) >= 11 is 0. The van der Waals surface area contributed by atoms with Gasteiger partial charge in [-0.1, -0.05) is 18.2 Å². The Morgan fingerprint density at radius 2 is 1.64 bits per heavy atom. The van der Waals surface area contributed by atoms with Gasteiger partial charge in [-0.15, -0.1) is 0 Å². The number of hydrogen-bond acceptors (Lipinski definition) is 4. The molecule has 0 unspecified atom stereocenters. The van der Waals surface area contributed by atoms with Crippen LogP contribution in [0.4, 0.5) is 11.4 Å². The van der Waals surface area contributed by atoms with Crippen LogP contribution in [-0.2, 0) is 4.79 Å². The monoisotopic (exact) mass is 333 g/mol. The van der Waals surface area contributed by atoms with Crippen LogP contribution < -0.4 is 15.4 Å². The fourth-order valence-corrected chi connectivity index (χ4v) is 2.27. The van der Waals surface area contributed by atoms with Crippen molar-refractivity contribution in [2.45, 2.75) is 6.92 Å². The number of pyridine rings is 1. The summed E-state index contributed by atoms with van der Waals surface area (Å²) in [6.07, 6.45) is 3.36. The van der Waals surface area contributed by atoms with Crippen LogP contribution in [0.15, 0.2) is 73.1 Å². The largest absolute Gasteiger partial charge is 0.457 e. The van der Waals surface area contributed by atoms with Crippen molar-refractivity contribution in [2.24, 2.45) is 0 Å². The number of hydrogen-bond donors (Lipinski definition) is 2. The van der Waals surface area contributed by atoms with E-state index in [0.29, 0.717) is 0 Å². The SMILES string of the molecule is Cc1ccccc1NC(=O)CNc1ccc(Oc2ccncc2)cc1. The first-order valence-electron chi connectivity index (χ1n) is 7.98. The van der Waals surface area contributed by atoms with Gasteiger partial charge in [0.05, 0.1) is 6.54 Å². The Hall–Kier alpha value is -3.34. The smallest absolute Gasteiger partial charge is 0.243 e. The molecule has 0 fully saturated rings. The Morgan fingerprint density at radius 3 is 2.36 bits per heavy atom. The second-order valence-corrected chi connectivity index (χ2v) is 5.53. The van der Waals surface area contributed by atoms with E-state index in [4.69, 9.17) is 4.74 Å². The average molecular weight is 333 g/mol. The third kappa shape index (κ3) is 4.81. The van der Waals surface area contributed by atoms with Crippen molar-refractivity contribution < 1.29 is 9.53 Å². The molecule has 0 atom stereocenters. The normalized spacial score (nSPS) is 10.1. The molecule has 1 aromatic heterocycles. The highest BCUT2D eigenvalue weighted by Gasteiger charge is 2.04. The molecule has 3 aromatic rings. The number of carbonyl (C=O) groups excluding carboxylic acids is 1. The summed E-state index contributed by atoms with van der Waals surface area (Å²) in [5.41, 5.74) is 2.71. The molecular formula is C20H19N3O2. The van der Waals surface area contributed by atoms with Crippen molar-refractivity contribution >= 4 is 17.3 Å². The zero-order chi connectivity index (χ0) is 17.5. The predicted octanol–water partition coefficient (Wildman–Crippen LogP) is 4.23. The van der Waals surface area contributed by atoms with Crippen LogP contribution in [0.1, 0.15) is 5.56 Å². The zero-order valence-corrected chi connectivity index (χ0v) is 13.9. The Kier molecular flexibility index (Phi) is 5.26. The molecule has 1 heterocycles. The van der Waals surface area contributed by atoms with Crippen molar-refractivity contribution in [1.82, 2.24) is 4.98 Å². The van der Waals surface area contributed by atoms with E-state index in [-0.39, 0.29) is 12.5 Å². The summed E-state index contributed by atoms with van der Waals surface area (Å²) in [5.74, 6) is 1.36. The van der Waals surface area contributed by atoms with Gasteiger partial charge in [0.2, 0.25) is 5.91 Å². The molecule has 2 N–H and O–H groups in total. The average Bonchev–Trinajstić information content (AvgIpc) is 2.64. The fraction of sp³-hybridized carbons (Fsp3) is 0.100. The molecule has 0 saturated heterocycles. The molecule has 0 aliphatic rings. The molecule has 3 rings (SSSR count). The van der Waals surface area contributed by atoms with Gasteiger partial charge in [-0.05, 0) is 55.0 Å². The number of ether oxygens (including phenoxy) is 1. The van der Waals surface area contributed by atoms with Crippen LogP contribution in [0.5, 0.6) is 11.5 Å². The number of nitrogens with one attached hydrogen (secondary N) is 2. The first-order chi connectivity index (χ1) is 12.2. The van der Waals surface area contributed by atoms with Gasteiger partial charge in [-0.25, -0.2) is 0 Å². The Balaban J connectivity index is 1.51. The fourth-order valence-electron chi connectivity index (χ4n) is 2.27. The quantitative estimate of drug-likeness (QED) is 0.708. The van der Waals surface area contributed by atoms with Gasteiger partial charge in [0.25, 0.3) is 0 Å². The van der Waals surface area contributed by atoms with E-state index in [1.807, 2.05) is 55.5 Å². The molecule has 1 amide bonds. The number of aromatic nitrogens is 1. The summed E-state index contributed by atoms with van der Waals surface area (Å²) in [5, 5.41) is 5.99. The lowest BCUT2D eigenvalue weighted by Gasteiger charge is -2.10. The highest BCUT2D eigenvalue weighted by Crippen LogP contribution is 2.22. The highest BCUT2D eigenvalue weighted by molar-refractivity contribution is 5.94. The molecule has 126 valence electrons. The molecule has 2 aromatic carbocycles. The van der Waals surface area contributed by atoms with Crippen molar-refractivity contribution in [3.05, 3.63) is 78.6 Å². The Labute approximate surface area is 146 Å². The van der Waals surface area contributed by atoms with Crippen LogP contribution in [0.25, 0.3) is 0 Å². The lowest BCUT2D eigenvalue weighted by Crippen LogP contribution is -2.22. The summed E-state index contributed by atoms with van der Waals surface area (Å²) in [6.45, 7) is 2.16. The molecule has 5 heteroatoms. The number of para-hydroxylation sites is 1. The topological polar surface area (TPSA) is 63.2 Å². The van der Waals surface area contributed by atoms with Gasteiger partial charge < -0.3 is 15.4 Å². The highest BCUT2D eigenvalue weighted by atomic mass is 16.5. The molecular weight excluding hydrogens is 314 g/mol. The molecule has 0 spiro atoms. The maximum Gasteiger partial charge on any atom is 0.243 e. The van der Waals surface area contributed by atoms with E-state index >= 15 is 0 Å². The molecule has 0 radical (unpaired) electrons. The third-order valence-corrected chi connectivity index (χ3v) is 3.61. The number of nitrogens with zero attached hydrogens (tertiary/aromatic N) is 1. The number of rotatable bonds is 6. The minimum atomic E-state index is -0.0913. The third-order valence-electron chi connectivity index (χ3n) is 3.61. The standard InChI is InChI=1S/C20H19N3O2/c1-15-4-2-3-5-19(15)23-20(24)14-22-16-6-8-17(9-7-16)25-18-10-12-21-13-11-18/h2-13,22H,14H2,1H3,(H,23,24). The lowest BCUT2D eigenvalue weighted by atomic mass is 10.2. The van der Waals surface area contributed by atoms with Gasteiger partial charge in [0.1, 0.15) is 11.5 Å². The van der Waals surface area contributed by atoms with E-state index < -0.39 is 0 Å². The van der Waals surface area contributed by atoms with E-state index in [1.54, 1.807) is 24.5 Å². The van der Waals surface area contributed by atoms with Crippen LogP contribution in [-0.4, -0.2) is 17.4 Å². The van der Waals surface area contributed by atoms with E-state index in [2.05, 4.69) is 15.6 Å². The molecule has 25 heavy (non-hydrogen) atoms. The lowest BCUT2D eigenvalue weighted by molar-refractivity contribution is -0.114. The maximum absolute atomic E-state index is 12.0. The minimum absolute atomic E-state index is 0.0913. The molecule has 5 nitrogen and oxygen atoms in total. The molecule has 0 saturated carbocycles. The summed E-state index contributed by atoms with van der Waals surface area (Å²) < 4.78 is 5.70. The van der Waals surface area contributed by atoms with Crippen molar-refractivity contribution in [2.75, 3.05) is 17.2 Å². The van der Waals surface area contributed by atoms with Crippen LogP contribution >= 0.6 is 0 Å². The summed E-state index contributed by atoms with van der Waals surface area (Å²) in [4.78, 5) is 16.0. The summed E-state index contributed by atoms with van der Waals surface area (Å²) in [6, 6.07) is 18.7. The van der Waals surface area contributed by atoms with E-state index in [9.17, 15) is 4.79 Å². The second-order valence-electron chi connectivity index (χ2n) is 5.53. The number of aryl methyl sites for hydroxylation is 1. The van der Waals surface area contributed by atoms with Crippen molar-refractivity contribution in [3.63, 3.8) is 0 Å². The van der Waals surface area contributed by atoms with Gasteiger partial charge in [0, 0.05) is 23.8 Å². The van der Waals surface area contributed by atoms with Crippen LogP contribution in [0, 0.1) is 6.92 Å². The molecule has 0 aliphatic carbocycles. The summed E-state index contributed by atoms with van der Waals surface area (Å²) in [7, 11) is 0. The number of benzene rings is 2. The Bertz CT molecular complexity index is 833. The van der Waals surface area contributed by atoms with Gasteiger partial charge in [0.15, 0.2) is 0 Å². The first-order valence-corrected chi connectivity index (χ1v) is 7.98. The molecule has 0 bridgehead atoms.